The molecule has 7 nitrogen and oxygen atoms in total. The molecule has 1 saturated heterocycles. The number of amides is 2. The third kappa shape index (κ3) is 4.49. The van der Waals surface area contributed by atoms with Gasteiger partial charge in [-0.05, 0) is 32.3 Å². The highest BCUT2D eigenvalue weighted by atomic mass is 16.5. The molecule has 0 aromatic carbocycles. The number of carboxylic acids is 1. The van der Waals surface area contributed by atoms with E-state index in [1.54, 1.807) is 6.92 Å². The number of carbonyl (C=O) groups excluding carboxylic acids is 1. The second-order valence-electron chi connectivity index (χ2n) is 5.02. The smallest absolute Gasteiger partial charge is 0.339 e. The number of rotatable bonds is 6. The summed E-state index contributed by atoms with van der Waals surface area (Å²) in [6.07, 6.45) is 3.18. The molecular formula is C14H20N2O5. The van der Waals surface area contributed by atoms with Crippen LogP contribution in [0.1, 0.15) is 41.1 Å². The molecule has 3 N–H and O–H groups in total. The maximum atomic E-state index is 11.6. The average molecular weight is 296 g/mol. The van der Waals surface area contributed by atoms with Crippen LogP contribution >= 0.6 is 0 Å². The lowest BCUT2D eigenvalue weighted by Crippen LogP contribution is -2.36. The van der Waals surface area contributed by atoms with Crippen molar-refractivity contribution in [1.29, 1.82) is 0 Å². The Morgan fingerprint density at radius 2 is 2.24 bits per heavy atom. The maximum Gasteiger partial charge on any atom is 0.339 e. The summed E-state index contributed by atoms with van der Waals surface area (Å²) >= 11 is 0. The van der Waals surface area contributed by atoms with Crippen molar-refractivity contribution in [3.8, 4) is 0 Å². The molecule has 0 radical (unpaired) electrons. The number of carbonyl (C=O) groups is 2. The van der Waals surface area contributed by atoms with E-state index in [4.69, 9.17) is 14.3 Å². The van der Waals surface area contributed by atoms with Crippen molar-refractivity contribution in [1.82, 2.24) is 10.6 Å². The highest BCUT2D eigenvalue weighted by Gasteiger charge is 2.16. The first-order valence-corrected chi connectivity index (χ1v) is 7.02. The Kier molecular flexibility index (Phi) is 5.21. The number of carboxylic acid groups (broad SMARTS) is 1. The highest BCUT2D eigenvalue weighted by molar-refractivity contribution is 5.88. The molecule has 1 aromatic rings. The number of furan rings is 1. The number of aromatic carboxylic acids is 1. The van der Waals surface area contributed by atoms with Crippen LogP contribution in [0.3, 0.4) is 0 Å². The van der Waals surface area contributed by atoms with Crippen molar-refractivity contribution in [2.24, 2.45) is 0 Å². The van der Waals surface area contributed by atoms with E-state index in [-0.39, 0.29) is 24.2 Å². The lowest BCUT2D eigenvalue weighted by Gasteiger charge is -2.10. The fourth-order valence-corrected chi connectivity index (χ4v) is 2.29. The molecule has 1 unspecified atom stereocenters. The third-order valence-electron chi connectivity index (χ3n) is 3.40. The zero-order valence-corrected chi connectivity index (χ0v) is 12.0. The van der Waals surface area contributed by atoms with Crippen LogP contribution in [-0.4, -0.2) is 36.4 Å². The summed E-state index contributed by atoms with van der Waals surface area (Å²) < 4.78 is 10.7. The number of hydrogen-bond acceptors (Lipinski definition) is 4. The van der Waals surface area contributed by atoms with Gasteiger partial charge >= 0.3 is 12.0 Å². The standard InChI is InChI=1S/C14H20N2O5/c1-9-12(13(17)18)7-11(21-9)8-16-14(19)15-5-4-10-3-2-6-20-10/h7,10H,2-6,8H2,1H3,(H,17,18)(H2,15,16,19). The molecule has 1 aliphatic heterocycles. The number of hydrogen-bond donors (Lipinski definition) is 3. The second-order valence-corrected chi connectivity index (χ2v) is 5.02. The van der Waals surface area contributed by atoms with E-state index in [9.17, 15) is 9.59 Å². The predicted octanol–water partition coefficient (Wildman–Crippen LogP) is 1.65. The quantitative estimate of drug-likeness (QED) is 0.741. The summed E-state index contributed by atoms with van der Waals surface area (Å²) in [6.45, 7) is 3.09. The van der Waals surface area contributed by atoms with Crippen LogP contribution in [0.15, 0.2) is 10.5 Å². The number of urea groups is 1. The molecular weight excluding hydrogens is 276 g/mol. The largest absolute Gasteiger partial charge is 0.478 e. The van der Waals surface area contributed by atoms with Crippen LogP contribution < -0.4 is 10.6 Å². The summed E-state index contributed by atoms with van der Waals surface area (Å²) in [7, 11) is 0. The molecule has 7 heteroatoms. The minimum atomic E-state index is -1.04. The summed E-state index contributed by atoms with van der Waals surface area (Å²) in [6, 6.07) is 1.11. The van der Waals surface area contributed by atoms with Crippen molar-refractivity contribution in [3.05, 3.63) is 23.2 Å². The topological polar surface area (TPSA) is 101 Å². The summed E-state index contributed by atoms with van der Waals surface area (Å²) in [4.78, 5) is 22.5. The molecule has 0 saturated carbocycles. The zero-order chi connectivity index (χ0) is 15.2. The average Bonchev–Trinajstić information content (AvgIpc) is 3.06. The summed E-state index contributed by atoms with van der Waals surface area (Å²) in [5.74, 6) is -0.291. The Morgan fingerprint density at radius 1 is 1.43 bits per heavy atom. The number of aryl methyl sites for hydroxylation is 1. The molecule has 2 amide bonds. The molecule has 1 atom stereocenters. The Hall–Kier alpha value is -2.02. The van der Waals surface area contributed by atoms with Gasteiger partial charge in [0.05, 0.1) is 12.6 Å². The van der Waals surface area contributed by atoms with Crippen LogP contribution in [0.2, 0.25) is 0 Å². The van der Waals surface area contributed by atoms with Gasteiger partial charge in [0, 0.05) is 13.2 Å². The zero-order valence-electron chi connectivity index (χ0n) is 12.0. The van der Waals surface area contributed by atoms with Crippen molar-refractivity contribution >= 4 is 12.0 Å². The molecule has 0 spiro atoms. The molecule has 2 rings (SSSR count). The Labute approximate surface area is 122 Å². The van der Waals surface area contributed by atoms with E-state index in [0.717, 1.165) is 25.9 Å². The van der Waals surface area contributed by atoms with E-state index >= 15 is 0 Å². The molecule has 1 aliphatic rings. The van der Waals surface area contributed by atoms with Crippen molar-refractivity contribution in [3.63, 3.8) is 0 Å². The van der Waals surface area contributed by atoms with Gasteiger partial charge in [-0.2, -0.15) is 0 Å². The van der Waals surface area contributed by atoms with Crippen molar-refractivity contribution in [2.45, 2.75) is 38.8 Å². The van der Waals surface area contributed by atoms with E-state index in [0.29, 0.717) is 18.1 Å². The summed E-state index contributed by atoms with van der Waals surface area (Å²) in [5, 5.41) is 14.3. The fourth-order valence-electron chi connectivity index (χ4n) is 2.29. The molecule has 1 aromatic heterocycles. The molecule has 0 bridgehead atoms. The first kappa shape index (κ1) is 15.4. The van der Waals surface area contributed by atoms with E-state index in [1.165, 1.54) is 6.07 Å². The lowest BCUT2D eigenvalue weighted by molar-refractivity contribution is 0.0695. The highest BCUT2D eigenvalue weighted by Crippen LogP contribution is 2.15. The van der Waals surface area contributed by atoms with E-state index < -0.39 is 5.97 Å². The second kappa shape index (κ2) is 7.12. The van der Waals surface area contributed by atoms with E-state index in [2.05, 4.69) is 10.6 Å². The van der Waals surface area contributed by atoms with Crippen LogP contribution in [0.25, 0.3) is 0 Å². The first-order valence-electron chi connectivity index (χ1n) is 7.02. The van der Waals surface area contributed by atoms with E-state index in [1.807, 2.05) is 0 Å². The minimum Gasteiger partial charge on any atom is -0.478 e. The third-order valence-corrected chi connectivity index (χ3v) is 3.40. The molecule has 0 aliphatic carbocycles. The predicted molar refractivity (Wildman–Crippen MR) is 74.2 cm³/mol. The number of ether oxygens (including phenoxy) is 1. The minimum absolute atomic E-state index is 0.116. The van der Waals surface area contributed by atoms with Gasteiger partial charge < -0.3 is 24.9 Å². The van der Waals surface area contributed by atoms with Crippen LogP contribution in [0, 0.1) is 6.92 Å². The van der Waals surface area contributed by atoms with Gasteiger partial charge in [0.15, 0.2) is 0 Å². The molecule has 2 heterocycles. The Bertz CT molecular complexity index is 505. The molecule has 116 valence electrons. The van der Waals surface area contributed by atoms with Gasteiger partial charge in [-0.25, -0.2) is 9.59 Å². The van der Waals surface area contributed by atoms with Crippen LogP contribution in [0.4, 0.5) is 4.79 Å². The van der Waals surface area contributed by atoms with Crippen molar-refractivity contribution in [2.75, 3.05) is 13.2 Å². The molecule has 21 heavy (non-hydrogen) atoms. The Balaban J connectivity index is 1.68. The van der Waals surface area contributed by atoms with Gasteiger partial charge in [-0.1, -0.05) is 0 Å². The first-order chi connectivity index (χ1) is 10.1. The molecule has 1 fully saturated rings. The maximum absolute atomic E-state index is 11.6. The van der Waals surface area contributed by atoms with Crippen molar-refractivity contribution < 1.29 is 23.8 Å². The fraction of sp³-hybridized carbons (Fsp3) is 0.571. The van der Waals surface area contributed by atoms with Crippen LogP contribution in [0.5, 0.6) is 0 Å². The van der Waals surface area contributed by atoms with Gasteiger partial charge in [0.25, 0.3) is 0 Å². The SMILES string of the molecule is Cc1oc(CNC(=O)NCCC2CCCO2)cc1C(=O)O. The number of nitrogens with one attached hydrogen (secondary N) is 2. The normalized spacial score (nSPS) is 17.7. The summed E-state index contributed by atoms with van der Waals surface area (Å²) in [5.41, 5.74) is 0.116. The Morgan fingerprint density at radius 3 is 2.86 bits per heavy atom. The lowest BCUT2D eigenvalue weighted by atomic mass is 10.2. The van der Waals surface area contributed by atoms with Gasteiger partial charge in [-0.3, -0.25) is 0 Å². The van der Waals surface area contributed by atoms with Gasteiger partial charge in [-0.15, -0.1) is 0 Å². The van der Waals surface area contributed by atoms with Gasteiger partial charge in [0.2, 0.25) is 0 Å². The van der Waals surface area contributed by atoms with Crippen LogP contribution in [-0.2, 0) is 11.3 Å². The van der Waals surface area contributed by atoms with Gasteiger partial charge in [0.1, 0.15) is 17.1 Å². The monoisotopic (exact) mass is 296 g/mol.